The molecule has 6 rings (SSSR count). The van der Waals surface area contributed by atoms with Crippen LogP contribution in [0.15, 0.2) is 77.3 Å². The maximum Gasteiger partial charge on any atom is 0.292 e. The molecule has 6 heteroatoms. The van der Waals surface area contributed by atoms with E-state index in [0.29, 0.717) is 40.9 Å². The summed E-state index contributed by atoms with van der Waals surface area (Å²) in [6.45, 7) is 3.18. The summed E-state index contributed by atoms with van der Waals surface area (Å²) < 4.78 is 19.1. The van der Waals surface area contributed by atoms with Crippen molar-refractivity contribution >= 4 is 16.7 Å². The number of hydrogen-bond donors (Lipinski definition) is 1. The summed E-state index contributed by atoms with van der Waals surface area (Å²) in [7, 11) is 0. The predicted octanol–water partition coefficient (Wildman–Crippen LogP) is 9.75. The fraction of sp³-hybridized carbons (Fsp3) is 0.472. The van der Waals surface area contributed by atoms with E-state index in [-0.39, 0.29) is 5.82 Å². The van der Waals surface area contributed by atoms with Gasteiger partial charge in [0.25, 0.3) is 5.69 Å². The molecule has 2 fully saturated rings. The number of nitrogens with one attached hydrogen (secondary N) is 1. The van der Waals surface area contributed by atoms with Crippen LogP contribution >= 0.6 is 0 Å². The van der Waals surface area contributed by atoms with Gasteiger partial charge >= 0.3 is 0 Å². The number of aromatic nitrogens is 1. The second-order valence-corrected chi connectivity index (χ2v) is 12.8. The highest BCUT2D eigenvalue weighted by Gasteiger charge is 2.32. The molecule has 0 aliphatic heterocycles. The molecule has 0 amide bonds. The van der Waals surface area contributed by atoms with E-state index in [2.05, 4.69) is 35.7 Å². The first-order valence-electron chi connectivity index (χ1n) is 16.0. The largest absolute Gasteiger partial charge is 0.356 e. The van der Waals surface area contributed by atoms with Crippen LogP contribution < -0.4 is 5.43 Å². The second kappa shape index (κ2) is 13.2. The quantitative estimate of drug-likeness (QED) is 0.124. The molecule has 42 heavy (non-hydrogen) atoms. The van der Waals surface area contributed by atoms with Crippen LogP contribution in [0.3, 0.4) is 0 Å². The van der Waals surface area contributed by atoms with Crippen LogP contribution in [0.2, 0.25) is 0 Å². The molecule has 1 heterocycles. The number of benzene rings is 3. The first-order valence-corrected chi connectivity index (χ1v) is 16.0. The second-order valence-electron chi connectivity index (χ2n) is 12.8. The lowest BCUT2D eigenvalue weighted by atomic mass is 9.72. The molecular weight excluding hydrogens is 525 g/mol. The third kappa shape index (κ3) is 6.58. The van der Waals surface area contributed by atoms with Gasteiger partial charge in [0.05, 0.1) is 17.1 Å². The molecular formula is C36H43FN3O2+. The van der Waals surface area contributed by atoms with Gasteiger partial charge in [0, 0.05) is 29.5 Å². The Morgan fingerprint density at radius 2 is 1.69 bits per heavy atom. The van der Waals surface area contributed by atoms with Crippen molar-refractivity contribution in [2.75, 3.05) is 6.54 Å². The van der Waals surface area contributed by atoms with Gasteiger partial charge in [0.1, 0.15) is 5.82 Å². The summed E-state index contributed by atoms with van der Waals surface area (Å²) in [4.78, 5) is 14.1. The highest BCUT2D eigenvalue weighted by atomic mass is 19.1. The van der Waals surface area contributed by atoms with E-state index >= 15 is 0 Å². The molecule has 5 unspecified atom stereocenters. The summed E-state index contributed by atoms with van der Waals surface area (Å²) >= 11 is 0. The Balaban J connectivity index is 1.04. The van der Waals surface area contributed by atoms with E-state index in [1.165, 1.54) is 63.5 Å². The molecule has 5 nitrogen and oxygen atoms in total. The van der Waals surface area contributed by atoms with Crippen molar-refractivity contribution in [3.05, 3.63) is 89.2 Å². The summed E-state index contributed by atoms with van der Waals surface area (Å²) in [5.74, 6) is 2.63. The van der Waals surface area contributed by atoms with Crippen molar-refractivity contribution in [1.29, 1.82) is 0 Å². The van der Waals surface area contributed by atoms with Gasteiger partial charge in [0.15, 0.2) is 10.5 Å². The highest BCUT2D eigenvalue weighted by molar-refractivity contribution is 5.79. The first-order chi connectivity index (χ1) is 20.5. The number of halogens is 1. The number of fused-ring (bicyclic) bond motifs is 1. The van der Waals surface area contributed by atoms with Gasteiger partial charge in [-0.25, -0.2) is 4.39 Å². The van der Waals surface area contributed by atoms with Gasteiger partial charge < -0.3 is 4.52 Å². The van der Waals surface area contributed by atoms with Gasteiger partial charge in [-0.05, 0) is 79.0 Å². The SMILES string of the molecule is CC(CC1CCCCC1CN[N+](=O)c1cccc(-c2ccccc2)c1)C1CCCC(c2noc3cc(F)ccc23)CC1. The Bertz CT molecular complexity index is 1490. The van der Waals surface area contributed by atoms with Crippen LogP contribution in [0.4, 0.5) is 10.1 Å². The maximum absolute atomic E-state index is 13.6. The number of nitrogens with zero attached hydrogens (tertiary/aromatic N) is 2. The van der Waals surface area contributed by atoms with Crippen LogP contribution in [0, 0.1) is 34.4 Å². The molecule has 1 aromatic heterocycles. The summed E-state index contributed by atoms with van der Waals surface area (Å²) in [5, 5.41) is 5.34. The average Bonchev–Trinajstić information content (AvgIpc) is 3.28. The molecule has 0 spiro atoms. The van der Waals surface area contributed by atoms with E-state index in [0.717, 1.165) is 46.5 Å². The van der Waals surface area contributed by atoms with Crippen molar-refractivity contribution < 1.29 is 13.8 Å². The molecule has 220 valence electrons. The van der Waals surface area contributed by atoms with E-state index in [1.807, 2.05) is 42.5 Å². The van der Waals surface area contributed by atoms with Gasteiger partial charge in [-0.2, -0.15) is 0 Å². The van der Waals surface area contributed by atoms with Crippen LogP contribution in [-0.2, 0) is 0 Å². The molecule has 2 aliphatic carbocycles. The van der Waals surface area contributed by atoms with Crippen LogP contribution in [0.5, 0.6) is 0 Å². The Labute approximate surface area is 248 Å². The molecule has 0 bridgehead atoms. The Morgan fingerprint density at radius 1 is 0.881 bits per heavy atom. The Morgan fingerprint density at radius 3 is 2.55 bits per heavy atom. The van der Waals surface area contributed by atoms with E-state index in [9.17, 15) is 9.30 Å². The van der Waals surface area contributed by atoms with E-state index in [4.69, 9.17) is 4.52 Å². The predicted molar refractivity (Wildman–Crippen MR) is 166 cm³/mol. The van der Waals surface area contributed by atoms with Gasteiger partial charge in [-0.1, -0.05) is 86.6 Å². The maximum atomic E-state index is 13.6. The lowest BCUT2D eigenvalue weighted by molar-refractivity contribution is -0.529. The molecule has 0 radical (unpaired) electrons. The number of hydrazine groups is 1. The zero-order valence-electron chi connectivity index (χ0n) is 24.7. The number of rotatable bonds is 9. The smallest absolute Gasteiger partial charge is 0.292 e. The van der Waals surface area contributed by atoms with Crippen molar-refractivity contribution in [3.63, 3.8) is 0 Å². The minimum atomic E-state index is -0.281. The zero-order valence-corrected chi connectivity index (χ0v) is 24.7. The Kier molecular flexibility index (Phi) is 8.97. The monoisotopic (exact) mass is 568 g/mol. The number of hydrogen-bond acceptors (Lipinski definition) is 3. The Hall–Kier alpha value is -3.54. The minimum Gasteiger partial charge on any atom is -0.356 e. The van der Waals surface area contributed by atoms with Crippen LogP contribution in [0.25, 0.3) is 22.1 Å². The summed E-state index contributed by atoms with van der Waals surface area (Å²) in [6.07, 6.45) is 12.1. The molecule has 1 N–H and O–H groups in total. The van der Waals surface area contributed by atoms with Gasteiger partial charge in [-0.3, -0.25) is 0 Å². The van der Waals surface area contributed by atoms with Crippen molar-refractivity contribution in [2.24, 2.45) is 23.7 Å². The van der Waals surface area contributed by atoms with Crippen molar-refractivity contribution in [3.8, 4) is 11.1 Å². The fourth-order valence-electron chi connectivity index (χ4n) is 7.67. The summed E-state index contributed by atoms with van der Waals surface area (Å²) in [5.41, 5.74) is 7.59. The first kappa shape index (κ1) is 28.6. The van der Waals surface area contributed by atoms with E-state index in [1.54, 1.807) is 0 Å². The molecule has 3 aromatic carbocycles. The highest BCUT2D eigenvalue weighted by Crippen LogP contribution is 2.42. The van der Waals surface area contributed by atoms with Crippen molar-refractivity contribution in [1.82, 2.24) is 10.6 Å². The van der Waals surface area contributed by atoms with Crippen LogP contribution in [0.1, 0.15) is 82.7 Å². The van der Waals surface area contributed by atoms with E-state index < -0.39 is 0 Å². The lowest BCUT2D eigenvalue weighted by Crippen LogP contribution is -2.35. The molecule has 2 aliphatic rings. The van der Waals surface area contributed by atoms with Gasteiger partial charge in [-0.15, -0.1) is 5.43 Å². The molecule has 0 saturated heterocycles. The van der Waals surface area contributed by atoms with Crippen LogP contribution in [-0.4, -0.2) is 16.6 Å². The third-order valence-corrected chi connectivity index (χ3v) is 10.1. The third-order valence-electron chi connectivity index (χ3n) is 10.1. The normalized spacial score (nSPS) is 23.8. The zero-order chi connectivity index (χ0) is 28.9. The number of nitroso groups, excluding NO2 is 1. The minimum absolute atomic E-state index is 0.281. The average molecular weight is 569 g/mol. The van der Waals surface area contributed by atoms with Crippen molar-refractivity contribution in [2.45, 2.75) is 77.0 Å². The standard InChI is InChI=1S/C36H43FN3O2/c1-25(26-13-7-14-28(18-17-26)36-34-20-19-32(37)23-35(34)42-39-36)21-29-11-5-6-12-31(29)24-38-40(41)33-16-8-15-30(22-33)27-9-3-2-4-10-27/h2-4,8-10,15-16,19-20,22-23,25-26,28-29,31H,5-7,11-14,17-18,21,24H2,1H3,(H,38,41)/q+1. The molecule has 4 aromatic rings. The summed E-state index contributed by atoms with van der Waals surface area (Å²) in [6, 6.07) is 22.8. The molecule has 5 atom stereocenters. The van der Waals surface area contributed by atoms with Gasteiger partial charge in [0.2, 0.25) is 0 Å². The molecule has 2 saturated carbocycles. The lowest BCUT2D eigenvalue weighted by Gasteiger charge is -2.34. The fourth-order valence-corrected chi connectivity index (χ4v) is 7.67. The topological polar surface area (TPSA) is 58.1 Å².